The summed E-state index contributed by atoms with van der Waals surface area (Å²) in [7, 11) is -3.84. The van der Waals surface area contributed by atoms with Crippen LogP contribution in [0.1, 0.15) is 27.9 Å². The van der Waals surface area contributed by atoms with Crippen molar-refractivity contribution in [3.63, 3.8) is 0 Å². The van der Waals surface area contributed by atoms with Gasteiger partial charge in [0.2, 0.25) is 10.0 Å². The Balaban J connectivity index is 2.10. The van der Waals surface area contributed by atoms with Crippen LogP contribution in [0.3, 0.4) is 0 Å². The Kier molecular flexibility index (Phi) is 6.10. The molecular formula is C14H16N2O5S3. The van der Waals surface area contributed by atoms with Crippen LogP contribution >= 0.6 is 22.7 Å². The molecule has 2 heterocycles. The molecule has 0 fully saturated rings. The first-order valence-corrected chi connectivity index (χ1v) is 10.2. The molecule has 0 aromatic carbocycles. The fraction of sp³-hybridized carbons (Fsp3) is 0.286. The average Bonchev–Trinajstić information content (AvgIpc) is 3.16. The number of nitrogens with one attached hydrogen (secondary N) is 2. The van der Waals surface area contributed by atoms with E-state index >= 15 is 0 Å². The number of amides is 1. The summed E-state index contributed by atoms with van der Waals surface area (Å²) in [6, 6.07) is 4.38. The van der Waals surface area contributed by atoms with E-state index in [-0.39, 0.29) is 22.7 Å². The van der Waals surface area contributed by atoms with E-state index in [0.29, 0.717) is 0 Å². The van der Waals surface area contributed by atoms with Crippen molar-refractivity contribution in [2.45, 2.75) is 30.8 Å². The quantitative estimate of drug-likeness (QED) is 0.639. The lowest BCUT2D eigenvalue weighted by atomic mass is 10.2. The maximum Gasteiger partial charge on any atom is 0.305 e. The normalized spacial score (nSPS) is 12.7. The fourth-order valence-corrected chi connectivity index (χ4v) is 5.00. The molecule has 1 amide bonds. The average molecular weight is 388 g/mol. The number of thiophene rings is 2. The summed E-state index contributed by atoms with van der Waals surface area (Å²) in [6.07, 6.45) is -0.240. The Bertz CT molecular complexity index is 811. The maximum atomic E-state index is 12.4. The topological polar surface area (TPSA) is 113 Å². The van der Waals surface area contributed by atoms with Gasteiger partial charge in [0.25, 0.3) is 5.91 Å². The van der Waals surface area contributed by atoms with Crippen LogP contribution in [0.25, 0.3) is 0 Å². The molecule has 2 aromatic heterocycles. The summed E-state index contributed by atoms with van der Waals surface area (Å²) >= 11 is 2.42. The minimum absolute atomic E-state index is 0.0333. The van der Waals surface area contributed by atoms with Gasteiger partial charge in [0.1, 0.15) is 9.77 Å². The molecule has 0 bridgehead atoms. The number of carbonyl (C=O) groups excluding carboxylic acids is 1. The standard InChI is InChI=1S/C14H16N2O5S3/c1-9(7-12(17)18)16-14(19)13-11(4-6-23-13)24(20,21)15-8-10-3-2-5-22-10/h2-6,9,15H,7-8H2,1H3,(H,16,19)(H,17,18). The van der Waals surface area contributed by atoms with Crippen molar-refractivity contribution in [1.82, 2.24) is 10.0 Å². The summed E-state index contributed by atoms with van der Waals surface area (Å²) in [5.74, 6) is -1.64. The largest absolute Gasteiger partial charge is 0.481 e. The molecule has 0 saturated heterocycles. The first kappa shape index (κ1) is 18.6. The zero-order valence-corrected chi connectivity index (χ0v) is 15.1. The number of carboxylic acid groups (broad SMARTS) is 1. The van der Waals surface area contributed by atoms with Gasteiger partial charge in [-0.15, -0.1) is 22.7 Å². The van der Waals surface area contributed by atoms with E-state index in [9.17, 15) is 18.0 Å². The van der Waals surface area contributed by atoms with Gasteiger partial charge >= 0.3 is 5.97 Å². The number of hydrogen-bond donors (Lipinski definition) is 3. The number of sulfonamides is 1. The Morgan fingerprint density at radius 3 is 2.62 bits per heavy atom. The third-order valence-corrected chi connectivity index (χ3v) is 6.36. The van der Waals surface area contributed by atoms with Crippen molar-refractivity contribution < 1.29 is 23.1 Å². The number of rotatable bonds is 8. The Labute approximate surface area is 147 Å². The van der Waals surface area contributed by atoms with Crippen LogP contribution in [0, 0.1) is 0 Å². The van der Waals surface area contributed by atoms with E-state index in [1.807, 2.05) is 17.5 Å². The highest BCUT2D eigenvalue weighted by Crippen LogP contribution is 2.22. The molecule has 1 atom stereocenters. The molecule has 3 N–H and O–H groups in total. The zero-order chi connectivity index (χ0) is 17.7. The van der Waals surface area contributed by atoms with Crippen LogP contribution < -0.4 is 10.0 Å². The molecule has 0 aliphatic rings. The second-order valence-electron chi connectivity index (χ2n) is 4.99. The minimum atomic E-state index is -3.84. The van der Waals surface area contributed by atoms with Gasteiger partial charge in [-0.2, -0.15) is 0 Å². The number of carbonyl (C=O) groups is 2. The van der Waals surface area contributed by atoms with Crippen molar-refractivity contribution in [3.8, 4) is 0 Å². The number of carboxylic acids is 1. The van der Waals surface area contributed by atoms with Gasteiger partial charge in [-0.3, -0.25) is 9.59 Å². The second kappa shape index (κ2) is 7.88. The highest BCUT2D eigenvalue weighted by Gasteiger charge is 2.25. The Hall–Kier alpha value is -1.75. The van der Waals surface area contributed by atoms with Crippen molar-refractivity contribution in [2.75, 3.05) is 0 Å². The summed E-state index contributed by atoms with van der Waals surface area (Å²) < 4.78 is 27.3. The predicted octanol–water partition coefficient (Wildman–Crippen LogP) is 1.88. The van der Waals surface area contributed by atoms with Crippen LogP contribution in [0.2, 0.25) is 0 Å². The molecule has 10 heteroatoms. The van der Waals surface area contributed by atoms with Crippen molar-refractivity contribution in [3.05, 3.63) is 38.7 Å². The van der Waals surface area contributed by atoms with Crippen molar-refractivity contribution >= 4 is 44.6 Å². The molecular weight excluding hydrogens is 372 g/mol. The van der Waals surface area contributed by atoms with E-state index in [0.717, 1.165) is 16.2 Å². The summed E-state index contributed by atoms with van der Waals surface area (Å²) in [6.45, 7) is 1.69. The third kappa shape index (κ3) is 4.87. The van der Waals surface area contributed by atoms with Crippen LogP contribution in [0.15, 0.2) is 33.9 Å². The molecule has 0 aliphatic carbocycles. The highest BCUT2D eigenvalue weighted by molar-refractivity contribution is 7.89. The third-order valence-electron chi connectivity index (χ3n) is 3.00. The molecule has 7 nitrogen and oxygen atoms in total. The summed E-state index contributed by atoms with van der Waals surface area (Å²) in [4.78, 5) is 23.6. The number of aliphatic carboxylic acids is 1. The zero-order valence-electron chi connectivity index (χ0n) is 12.7. The van der Waals surface area contributed by atoms with Crippen LogP contribution in [-0.2, 0) is 21.4 Å². The molecule has 130 valence electrons. The first-order valence-electron chi connectivity index (χ1n) is 6.92. The highest BCUT2D eigenvalue weighted by atomic mass is 32.2. The SMILES string of the molecule is CC(CC(=O)O)NC(=O)c1sccc1S(=O)(=O)NCc1cccs1. The van der Waals surface area contributed by atoms with Crippen molar-refractivity contribution in [1.29, 1.82) is 0 Å². The number of hydrogen-bond acceptors (Lipinski definition) is 6. The first-order chi connectivity index (χ1) is 11.3. The molecule has 1 unspecified atom stereocenters. The molecule has 2 rings (SSSR count). The monoisotopic (exact) mass is 388 g/mol. The van der Waals surface area contributed by atoms with Gasteiger partial charge in [-0.05, 0) is 29.8 Å². The van der Waals surface area contributed by atoms with E-state index in [4.69, 9.17) is 5.11 Å². The van der Waals surface area contributed by atoms with E-state index in [1.165, 1.54) is 22.8 Å². The Morgan fingerprint density at radius 1 is 1.25 bits per heavy atom. The van der Waals surface area contributed by atoms with Gasteiger partial charge in [-0.25, -0.2) is 13.1 Å². The summed E-state index contributed by atoms with van der Waals surface area (Å²) in [5, 5.41) is 14.6. The predicted molar refractivity (Wildman–Crippen MR) is 91.8 cm³/mol. The molecule has 0 aliphatic heterocycles. The van der Waals surface area contributed by atoms with Gasteiger partial charge in [-0.1, -0.05) is 6.07 Å². The Morgan fingerprint density at radius 2 is 2.00 bits per heavy atom. The molecule has 0 spiro atoms. The second-order valence-corrected chi connectivity index (χ2v) is 8.67. The van der Waals surface area contributed by atoms with E-state index in [1.54, 1.807) is 6.92 Å². The molecule has 0 radical (unpaired) electrons. The minimum Gasteiger partial charge on any atom is -0.481 e. The van der Waals surface area contributed by atoms with E-state index in [2.05, 4.69) is 10.0 Å². The van der Waals surface area contributed by atoms with Gasteiger partial charge in [0, 0.05) is 17.5 Å². The molecule has 2 aromatic rings. The van der Waals surface area contributed by atoms with Gasteiger partial charge in [0.15, 0.2) is 0 Å². The fourth-order valence-electron chi connectivity index (χ4n) is 1.93. The maximum absolute atomic E-state index is 12.4. The van der Waals surface area contributed by atoms with Gasteiger partial charge < -0.3 is 10.4 Å². The smallest absolute Gasteiger partial charge is 0.305 e. The van der Waals surface area contributed by atoms with Crippen molar-refractivity contribution in [2.24, 2.45) is 0 Å². The molecule has 0 saturated carbocycles. The molecule has 24 heavy (non-hydrogen) atoms. The van der Waals surface area contributed by atoms with Crippen LogP contribution in [-0.4, -0.2) is 31.4 Å². The van der Waals surface area contributed by atoms with Crippen LogP contribution in [0.4, 0.5) is 0 Å². The van der Waals surface area contributed by atoms with Crippen LogP contribution in [0.5, 0.6) is 0 Å². The van der Waals surface area contributed by atoms with Gasteiger partial charge in [0.05, 0.1) is 6.42 Å². The lowest BCUT2D eigenvalue weighted by Gasteiger charge is -2.12. The lowest BCUT2D eigenvalue weighted by molar-refractivity contribution is -0.137. The van der Waals surface area contributed by atoms with E-state index < -0.39 is 27.9 Å². The summed E-state index contributed by atoms with van der Waals surface area (Å²) in [5.41, 5.74) is 0. The lowest BCUT2D eigenvalue weighted by Crippen LogP contribution is -2.35.